The Morgan fingerprint density at radius 1 is 1.23 bits per heavy atom. The number of rotatable bonds is 5. The number of benzene rings is 1. The van der Waals surface area contributed by atoms with Crippen LogP contribution in [0.5, 0.6) is 0 Å². The molecule has 0 saturated carbocycles. The topological polar surface area (TPSA) is 70.7 Å². The van der Waals surface area contributed by atoms with Gasteiger partial charge in [-0.3, -0.25) is 14.5 Å². The fraction of sp³-hybridized carbons (Fsp3) is 0.579. The van der Waals surface area contributed by atoms with Crippen LogP contribution < -0.4 is 10.6 Å². The average Bonchev–Trinajstić information content (AvgIpc) is 3.21. The summed E-state index contributed by atoms with van der Waals surface area (Å²) in [6.45, 7) is 4.37. The molecular weight excluding hydrogens is 350 g/mol. The zero-order valence-corrected chi connectivity index (χ0v) is 16.0. The standard InChI is InChI=1S/C19H27N3O3S/c1-26-17-4-2-3-15(11-17)21-19(24)18(23)20-12-14-5-8-22(9-6-14)16-7-10-25-13-16/h2-4,11,14,16H,5-10,12-13H2,1H3,(H,20,23)(H,21,24). The summed E-state index contributed by atoms with van der Waals surface area (Å²) < 4.78 is 5.46. The maximum absolute atomic E-state index is 12.1. The summed E-state index contributed by atoms with van der Waals surface area (Å²) in [6, 6.07) is 8.03. The van der Waals surface area contributed by atoms with E-state index in [1.807, 2.05) is 24.5 Å². The van der Waals surface area contributed by atoms with E-state index in [9.17, 15) is 9.59 Å². The van der Waals surface area contributed by atoms with Gasteiger partial charge in [-0.15, -0.1) is 11.8 Å². The second kappa shape index (κ2) is 9.39. The minimum absolute atomic E-state index is 0.435. The molecule has 7 heteroatoms. The van der Waals surface area contributed by atoms with Gasteiger partial charge in [0.15, 0.2) is 0 Å². The number of amides is 2. The molecule has 6 nitrogen and oxygen atoms in total. The van der Waals surface area contributed by atoms with Crippen LogP contribution in [0, 0.1) is 5.92 Å². The Morgan fingerprint density at radius 2 is 2.04 bits per heavy atom. The largest absolute Gasteiger partial charge is 0.380 e. The van der Waals surface area contributed by atoms with E-state index in [4.69, 9.17) is 4.74 Å². The number of piperidine rings is 1. The zero-order chi connectivity index (χ0) is 18.4. The molecule has 2 aliphatic rings. The molecule has 0 bridgehead atoms. The molecule has 3 rings (SSSR count). The summed E-state index contributed by atoms with van der Waals surface area (Å²) in [4.78, 5) is 27.7. The van der Waals surface area contributed by atoms with Crippen LogP contribution in [-0.4, -0.2) is 61.9 Å². The van der Waals surface area contributed by atoms with Gasteiger partial charge in [-0.1, -0.05) is 6.07 Å². The summed E-state index contributed by atoms with van der Waals surface area (Å²) >= 11 is 1.59. The van der Waals surface area contributed by atoms with E-state index in [0.717, 1.165) is 50.5 Å². The minimum Gasteiger partial charge on any atom is -0.380 e. The van der Waals surface area contributed by atoms with Crippen LogP contribution in [0.3, 0.4) is 0 Å². The molecular formula is C19H27N3O3S. The molecule has 1 aromatic rings. The van der Waals surface area contributed by atoms with Gasteiger partial charge in [-0.25, -0.2) is 0 Å². The van der Waals surface area contributed by atoms with Crippen molar-refractivity contribution in [2.45, 2.75) is 30.2 Å². The molecule has 26 heavy (non-hydrogen) atoms. The normalized spacial score (nSPS) is 21.5. The highest BCUT2D eigenvalue weighted by Crippen LogP contribution is 2.22. The molecule has 1 aromatic carbocycles. The lowest BCUT2D eigenvalue weighted by Crippen LogP contribution is -2.45. The molecule has 2 N–H and O–H groups in total. The van der Waals surface area contributed by atoms with E-state index in [-0.39, 0.29) is 0 Å². The zero-order valence-electron chi connectivity index (χ0n) is 15.2. The molecule has 142 valence electrons. The molecule has 2 saturated heterocycles. The summed E-state index contributed by atoms with van der Waals surface area (Å²) in [7, 11) is 0. The van der Waals surface area contributed by atoms with Crippen molar-refractivity contribution in [3.05, 3.63) is 24.3 Å². The number of carbonyl (C=O) groups is 2. The van der Waals surface area contributed by atoms with Crippen molar-refractivity contribution in [2.24, 2.45) is 5.92 Å². The Balaban J connectivity index is 1.39. The molecule has 2 fully saturated rings. The van der Waals surface area contributed by atoms with Crippen molar-refractivity contribution in [3.8, 4) is 0 Å². The molecule has 1 atom stereocenters. The van der Waals surface area contributed by atoms with Gasteiger partial charge in [0.2, 0.25) is 0 Å². The van der Waals surface area contributed by atoms with Crippen molar-refractivity contribution in [2.75, 3.05) is 44.4 Å². The van der Waals surface area contributed by atoms with Gasteiger partial charge in [0.05, 0.1) is 6.61 Å². The maximum atomic E-state index is 12.1. The lowest BCUT2D eigenvalue weighted by molar-refractivity contribution is -0.136. The van der Waals surface area contributed by atoms with Crippen LogP contribution in [-0.2, 0) is 14.3 Å². The maximum Gasteiger partial charge on any atom is 0.313 e. The average molecular weight is 378 g/mol. The first-order valence-electron chi connectivity index (χ1n) is 9.20. The van der Waals surface area contributed by atoms with Crippen molar-refractivity contribution < 1.29 is 14.3 Å². The highest BCUT2D eigenvalue weighted by Gasteiger charge is 2.28. The van der Waals surface area contributed by atoms with Crippen LogP contribution in [0.4, 0.5) is 5.69 Å². The summed E-state index contributed by atoms with van der Waals surface area (Å²) in [5, 5.41) is 5.45. The number of carbonyl (C=O) groups excluding carboxylic acids is 2. The third kappa shape index (κ3) is 5.22. The Kier molecular flexibility index (Phi) is 6.93. The number of ether oxygens (including phenoxy) is 1. The van der Waals surface area contributed by atoms with Crippen LogP contribution in [0.25, 0.3) is 0 Å². The predicted octanol–water partition coefficient (Wildman–Crippen LogP) is 1.96. The first-order valence-corrected chi connectivity index (χ1v) is 10.4. The van der Waals surface area contributed by atoms with Crippen LogP contribution >= 0.6 is 11.8 Å². The number of likely N-dealkylation sites (tertiary alicyclic amines) is 1. The quantitative estimate of drug-likeness (QED) is 0.606. The van der Waals surface area contributed by atoms with Crippen molar-refractivity contribution in [1.82, 2.24) is 10.2 Å². The Morgan fingerprint density at radius 3 is 2.73 bits per heavy atom. The summed E-state index contributed by atoms with van der Waals surface area (Å²) in [5.41, 5.74) is 0.643. The van der Waals surface area contributed by atoms with E-state index in [1.165, 1.54) is 0 Å². The highest BCUT2D eigenvalue weighted by atomic mass is 32.2. The van der Waals surface area contributed by atoms with Gasteiger partial charge in [0.1, 0.15) is 0 Å². The second-order valence-corrected chi connectivity index (χ2v) is 7.77. The Hall–Kier alpha value is -1.57. The van der Waals surface area contributed by atoms with Gasteiger partial charge >= 0.3 is 11.8 Å². The predicted molar refractivity (Wildman–Crippen MR) is 103 cm³/mol. The SMILES string of the molecule is CSc1cccc(NC(=O)C(=O)NCC2CCN(C3CCOC3)CC2)c1. The fourth-order valence-electron chi connectivity index (χ4n) is 3.54. The highest BCUT2D eigenvalue weighted by molar-refractivity contribution is 7.98. The number of hydrogen-bond donors (Lipinski definition) is 2. The van der Waals surface area contributed by atoms with Crippen LogP contribution in [0.2, 0.25) is 0 Å². The van der Waals surface area contributed by atoms with E-state index < -0.39 is 11.8 Å². The van der Waals surface area contributed by atoms with E-state index in [0.29, 0.717) is 24.2 Å². The first-order chi connectivity index (χ1) is 12.7. The molecule has 1 unspecified atom stereocenters. The molecule has 0 aliphatic carbocycles. The van der Waals surface area contributed by atoms with E-state index in [2.05, 4.69) is 15.5 Å². The van der Waals surface area contributed by atoms with Crippen molar-refractivity contribution in [3.63, 3.8) is 0 Å². The third-order valence-electron chi connectivity index (χ3n) is 5.16. The van der Waals surface area contributed by atoms with Gasteiger partial charge in [-0.2, -0.15) is 0 Å². The second-order valence-electron chi connectivity index (χ2n) is 6.89. The smallest absolute Gasteiger partial charge is 0.313 e. The Labute approximate surface area is 159 Å². The molecule has 0 aromatic heterocycles. The monoisotopic (exact) mass is 377 g/mol. The molecule has 2 amide bonds. The minimum atomic E-state index is -0.608. The van der Waals surface area contributed by atoms with Crippen molar-refractivity contribution in [1.29, 1.82) is 0 Å². The third-order valence-corrected chi connectivity index (χ3v) is 5.88. The van der Waals surface area contributed by atoms with Gasteiger partial charge in [0.25, 0.3) is 0 Å². The number of anilines is 1. The summed E-state index contributed by atoms with van der Waals surface area (Å²) in [5.74, 6) is -0.736. The molecule has 0 spiro atoms. The van der Waals surface area contributed by atoms with Gasteiger partial charge < -0.3 is 15.4 Å². The first kappa shape index (κ1) is 19.2. The van der Waals surface area contributed by atoms with Crippen molar-refractivity contribution >= 4 is 29.3 Å². The fourth-order valence-corrected chi connectivity index (χ4v) is 4.00. The number of nitrogens with zero attached hydrogens (tertiary/aromatic N) is 1. The molecule has 2 heterocycles. The van der Waals surface area contributed by atoms with Crippen LogP contribution in [0.15, 0.2) is 29.2 Å². The van der Waals surface area contributed by atoms with Crippen LogP contribution in [0.1, 0.15) is 19.3 Å². The number of hydrogen-bond acceptors (Lipinski definition) is 5. The summed E-state index contributed by atoms with van der Waals surface area (Å²) in [6.07, 6.45) is 5.19. The number of thioether (sulfide) groups is 1. The van der Waals surface area contributed by atoms with Gasteiger partial charge in [-0.05, 0) is 62.7 Å². The lowest BCUT2D eigenvalue weighted by Gasteiger charge is -2.35. The molecule has 2 aliphatic heterocycles. The van der Waals surface area contributed by atoms with Gasteiger partial charge in [0, 0.05) is 29.8 Å². The number of nitrogens with one attached hydrogen (secondary N) is 2. The lowest BCUT2D eigenvalue weighted by atomic mass is 9.95. The Bertz CT molecular complexity index is 626. The van der Waals surface area contributed by atoms with E-state index in [1.54, 1.807) is 17.8 Å². The van der Waals surface area contributed by atoms with E-state index >= 15 is 0 Å². The molecule has 0 radical (unpaired) electrons.